The van der Waals surface area contributed by atoms with E-state index in [0.29, 0.717) is 12.1 Å². The molecular weight excluding hydrogens is 396 g/mol. The molecule has 0 bridgehead atoms. The van der Waals surface area contributed by atoms with Gasteiger partial charge in [0.2, 0.25) is 0 Å². The van der Waals surface area contributed by atoms with E-state index >= 15 is 0 Å². The van der Waals surface area contributed by atoms with Crippen molar-refractivity contribution in [1.29, 1.82) is 0 Å². The Hall–Kier alpha value is -3.25. The van der Waals surface area contributed by atoms with E-state index in [9.17, 15) is 5.11 Å². The van der Waals surface area contributed by atoms with Crippen LogP contribution in [0.25, 0.3) is 10.2 Å². The van der Waals surface area contributed by atoms with E-state index in [1.807, 2.05) is 72.8 Å². The Kier molecular flexibility index (Phi) is 5.15. The van der Waals surface area contributed by atoms with Gasteiger partial charge in [0, 0.05) is 13.0 Å². The fourth-order valence-corrected chi connectivity index (χ4v) is 4.74. The smallest absolute Gasteiger partial charge is 0.186 e. The van der Waals surface area contributed by atoms with Gasteiger partial charge in [0.15, 0.2) is 11.2 Å². The molecule has 2 heterocycles. The molecular formula is C24H22N2O3S. The molecule has 1 aromatic heterocycles. The van der Waals surface area contributed by atoms with Crippen molar-refractivity contribution < 1.29 is 14.6 Å². The normalized spacial score (nSPS) is 19.0. The molecule has 2 atom stereocenters. The first-order valence-corrected chi connectivity index (χ1v) is 10.8. The molecule has 0 radical (unpaired) electrons. The lowest BCUT2D eigenvalue weighted by Gasteiger charge is -2.38. The summed E-state index contributed by atoms with van der Waals surface area (Å²) >= 11 is 1.59. The van der Waals surface area contributed by atoms with Gasteiger partial charge in [-0.2, -0.15) is 0 Å². The molecule has 0 aliphatic carbocycles. The van der Waals surface area contributed by atoms with E-state index in [1.54, 1.807) is 17.4 Å². The minimum absolute atomic E-state index is 0.0633. The zero-order valence-corrected chi connectivity index (χ0v) is 17.2. The summed E-state index contributed by atoms with van der Waals surface area (Å²) < 4.78 is 13.6. The number of para-hydroxylation sites is 3. The minimum Gasteiger partial charge on any atom is -0.506 e. The summed E-state index contributed by atoms with van der Waals surface area (Å²) in [4.78, 5) is 6.91. The number of anilines is 1. The van der Waals surface area contributed by atoms with Gasteiger partial charge in [0.25, 0.3) is 0 Å². The summed E-state index contributed by atoms with van der Waals surface area (Å²) in [5.74, 6) is 1.89. The number of phenolic OH excluding ortho intramolecular Hbond substituents is 1. The fourth-order valence-electron chi connectivity index (χ4n) is 3.72. The Morgan fingerprint density at radius 2 is 1.50 bits per heavy atom. The van der Waals surface area contributed by atoms with E-state index in [2.05, 4.69) is 9.88 Å². The van der Waals surface area contributed by atoms with Crippen LogP contribution in [0.1, 0.15) is 6.42 Å². The van der Waals surface area contributed by atoms with Crippen molar-refractivity contribution >= 4 is 26.7 Å². The molecule has 0 spiro atoms. The maximum Gasteiger partial charge on any atom is 0.186 e. The molecule has 4 aromatic rings. The summed E-state index contributed by atoms with van der Waals surface area (Å²) in [6.07, 6.45) is 0.600. The molecule has 1 fully saturated rings. The number of rotatable bonds is 5. The maximum absolute atomic E-state index is 10.1. The number of thiazole rings is 1. The summed E-state index contributed by atoms with van der Waals surface area (Å²) in [5.41, 5.74) is 0.653. The van der Waals surface area contributed by atoms with Gasteiger partial charge in [-0.25, -0.2) is 4.98 Å². The Labute approximate surface area is 179 Å². The van der Waals surface area contributed by atoms with Gasteiger partial charge in [-0.05, 0) is 36.4 Å². The van der Waals surface area contributed by atoms with Crippen molar-refractivity contribution in [2.24, 2.45) is 0 Å². The SMILES string of the molecule is Oc1cccc2sc(N3CCC(Oc4ccccc4)C(Oc4ccccc4)C3)nc12. The van der Waals surface area contributed by atoms with Gasteiger partial charge in [-0.15, -0.1) is 0 Å². The average molecular weight is 419 g/mol. The summed E-state index contributed by atoms with van der Waals surface area (Å²) in [6, 6.07) is 25.2. The van der Waals surface area contributed by atoms with E-state index in [0.717, 1.165) is 34.3 Å². The standard InChI is InChI=1S/C24H22N2O3S/c27-19-12-7-13-22-23(19)25-24(30-22)26-15-14-20(28-17-8-3-1-4-9-17)21(16-26)29-18-10-5-2-6-11-18/h1-13,20-21,27H,14-16H2. The average Bonchev–Trinajstić information content (AvgIpc) is 3.22. The molecule has 0 amide bonds. The first-order chi connectivity index (χ1) is 14.8. The van der Waals surface area contributed by atoms with Crippen LogP contribution in [0.2, 0.25) is 0 Å². The highest BCUT2D eigenvalue weighted by Crippen LogP contribution is 2.35. The third kappa shape index (κ3) is 3.91. The summed E-state index contributed by atoms with van der Waals surface area (Å²) in [6.45, 7) is 1.47. The minimum atomic E-state index is -0.151. The van der Waals surface area contributed by atoms with Gasteiger partial charge in [0.1, 0.15) is 28.9 Å². The number of nitrogens with zero attached hydrogens (tertiary/aromatic N) is 2. The Balaban J connectivity index is 1.40. The van der Waals surface area contributed by atoms with Crippen LogP contribution in [0, 0.1) is 0 Å². The molecule has 5 rings (SSSR count). The van der Waals surface area contributed by atoms with E-state index < -0.39 is 0 Å². The number of aromatic nitrogens is 1. The van der Waals surface area contributed by atoms with Crippen LogP contribution in [-0.2, 0) is 0 Å². The number of ether oxygens (including phenoxy) is 2. The largest absolute Gasteiger partial charge is 0.506 e. The van der Waals surface area contributed by atoms with Crippen LogP contribution in [0.5, 0.6) is 17.2 Å². The zero-order valence-electron chi connectivity index (χ0n) is 16.3. The van der Waals surface area contributed by atoms with Crippen LogP contribution in [0.4, 0.5) is 5.13 Å². The molecule has 1 aliphatic heterocycles. The molecule has 5 nitrogen and oxygen atoms in total. The highest BCUT2D eigenvalue weighted by Gasteiger charge is 2.34. The van der Waals surface area contributed by atoms with E-state index in [1.165, 1.54) is 0 Å². The van der Waals surface area contributed by atoms with Gasteiger partial charge in [0.05, 0.1) is 11.2 Å². The number of aromatic hydroxyl groups is 1. The predicted octanol–water partition coefficient (Wildman–Crippen LogP) is 5.11. The van der Waals surface area contributed by atoms with Crippen molar-refractivity contribution in [1.82, 2.24) is 4.98 Å². The van der Waals surface area contributed by atoms with Crippen molar-refractivity contribution in [3.8, 4) is 17.2 Å². The molecule has 1 saturated heterocycles. The number of phenols is 1. The quantitative estimate of drug-likeness (QED) is 0.488. The summed E-state index contributed by atoms with van der Waals surface area (Å²) in [5, 5.41) is 11.0. The third-order valence-electron chi connectivity index (χ3n) is 5.22. The highest BCUT2D eigenvalue weighted by atomic mass is 32.1. The monoisotopic (exact) mass is 418 g/mol. The first-order valence-electron chi connectivity index (χ1n) is 10.0. The van der Waals surface area contributed by atoms with Crippen molar-refractivity contribution in [3.05, 3.63) is 78.9 Å². The number of fused-ring (bicyclic) bond motifs is 1. The molecule has 2 unspecified atom stereocenters. The molecule has 30 heavy (non-hydrogen) atoms. The molecule has 3 aromatic carbocycles. The van der Waals surface area contributed by atoms with Gasteiger partial charge in [-0.3, -0.25) is 0 Å². The highest BCUT2D eigenvalue weighted by molar-refractivity contribution is 7.22. The lowest BCUT2D eigenvalue weighted by atomic mass is 10.0. The lowest BCUT2D eigenvalue weighted by molar-refractivity contribution is 0.0405. The Bertz CT molecular complexity index is 1120. The van der Waals surface area contributed by atoms with Crippen LogP contribution in [0.15, 0.2) is 78.9 Å². The van der Waals surface area contributed by atoms with Crippen molar-refractivity contribution in [2.75, 3.05) is 18.0 Å². The third-order valence-corrected chi connectivity index (χ3v) is 6.30. The molecule has 1 aliphatic rings. The number of hydrogen-bond donors (Lipinski definition) is 1. The van der Waals surface area contributed by atoms with Gasteiger partial charge in [-0.1, -0.05) is 53.8 Å². The molecule has 152 valence electrons. The number of piperidine rings is 1. The van der Waals surface area contributed by atoms with Crippen LogP contribution in [-0.4, -0.2) is 35.4 Å². The topological polar surface area (TPSA) is 54.8 Å². The number of hydrogen-bond acceptors (Lipinski definition) is 6. The lowest BCUT2D eigenvalue weighted by Crippen LogP contribution is -2.52. The van der Waals surface area contributed by atoms with Gasteiger partial charge >= 0.3 is 0 Å². The maximum atomic E-state index is 10.1. The molecule has 1 N–H and O–H groups in total. The number of benzene rings is 3. The first kappa shape index (κ1) is 18.8. The molecule has 6 heteroatoms. The summed E-state index contributed by atoms with van der Waals surface area (Å²) in [7, 11) is 0. The Morgan fingerprint density at radius 3 is 2.17 bits per heavy atom. The fraction of sp³-hybridized carbons (Fsp3) is 0.208. The van der Waals surface area contributed by atoms with Gasteiger partial charge < -0.3 is 19.5 Å². The van der Waals surface area contributed by atoms with E-state index in [-0.39, 0.29) is 18.0 Å². The second-order valence-electron chi connectivity index (χ2n) is 7.29. The van der Waals surface area contributed by atoms with Crippen molar-refractivity contribution in [3.63, 3.8) is 0 Å². The van der Waals surface area contributed by atoms with Crippen LogP contribution < -0.4 is 14.4 Å². The Morgan fingerprint density at radius 1 is 0.833 bits per heavy atom. The van der Waals surface area contributed by atoms with Crippen molar-refractivity contribution in [2.45, 2.75) is 18.6 Å². The predicted molar refractivity (Wildman–Crippen MR) is 120 cm³/mol. The van der Waals surface area contributed by atoms with Crippen LogP contribution >= 0.6 is 11.3 Å². The second-order valence-corrected chi connectivity index (χ2v) is 8.30. The molecule has 0 saturated carbocycles. The van der Waals surface area contributed by atoms with E-state index in [4.69, 9.17) is 9.47 Å². The van der Waals surface area contributed by atoms with Crippen LogP contribution in [0.3, 0.4) is 0 Å². The second kappa shape index (κ2) is 8.24. The zero-order chi connectivity index (χ0) is 20.3.